The summed E-state index contributed by atoms with van der Waals surface area (Å²) in [4.78, 5) is 2.87. The van der Waals surface area contributed by atoms with Gasteiger partial charge in [-0.05, 0) is 18.6 Å². The van der Waals surface area contributed by atoms with E-state index >= 15 is 0 Å². The lowest BCUT2D eigenvalue weighted by Crippen LogP contribution is -1.50. The average Bonchev–Trinajstić information content (AvgIpc) is 1.86. The first-order valence-electron chi connectivity index (χ1n) is 1.84. The molecule has 1 aromatic rings. The normalized spacial score (nSPS) is 8.83. The number of hydrogen-bond acceptors (Lipinski definition) is 0. The van der Waals surface area contributed by atoms with Crippen molar-refractivity contribution >= 4 is 0 Å². The highest BCUT2D eigenvalue weighted by Crippen LogP contribution is 1.88. The highest BCUT2D eigenvalue weighted by atomic mass is 14.6. The zero-order valence-electron chi connectivity index (χ0n) is 3.44. The van der Waals surface area contributed by atoms with Gasteiger partial charge in [0.2, 0.25) is 0 Å². The van der Waals surface area contributed by atoms with E-state index in [1.165, 1.54) is 0 Å². The maximum absolute atomic E-state index is 3.65. The molecule has 0 amide bonds. The van der Waals surface area contributed by atoms with Crippen LogP contribution >= 0.6 is 0 Å². The van der Waals surface area contributed by atoms with Crippen LogP contribution in [0, 0.1) is 6.92 Å². The summed E-state index contributed by atoms with van der Waals surface area (Å²) in [6, 6.07) is 1.92. The standard InChI is InChI=1S/C5H6N/c1-5-2-3-6-4-5/h2-4,6H,1H2. The molecule has 0 saturated carbocycles. The SMILES string of the molecule is [CH2]c1cc[nH]c1. The fraction of sp³-hybridized carbons (Fsp3) is 0. The molecule has 0 fully saturated rings. The summed E-state index contributed by atoms with van der Waals surface area (Å²) in [6.07, 6.45) is 3.70. The summed E-state index contributed by atoms with van der Waals surface area (Å²) < 4.78 is 0. The van der Waals surface area contributed by atoms with E-state index in [2.05, 4.69) is 11.9 Å². The van der Waals surface area contributed by atoms with Crippen molar-refractivity contribution in [1.82, 2.24) is 4.98 Å². The number of hydrogen-bond donors (Lipinski definition) is 1. The molecule has 0 atom stereocenters. The van der Waals surface area contributed by atoms with Crippen molar-refractivity contribution < 1.29 is 0 Å². The predicted octanol–water partition coefficient (Wildman–Crippen LogP) is 1.20. The molecular formula is C5H6N. The van der Waals surface area contributed by atoms with Gasteiger partial charge in [0, 0.05) is 12.4 Å². The molecule has 0 aromatic carbocycles. The second kappa shape index (κ2) is 1.17. The maximum atomic E-state index is 3.65. The predicted molar refractivity (Wildman–Crippen MR) is 25.3 cm³/mol. The number of aromatic nitrogens is 1. The summed E-state index contributed by atoms with van der Waals surface area (Å²) in [5, 5.41) is 0. The third-order valence-electron chi connectivity index (χ3n) is 0.662. The van der Waals surface area contributed by atoms with Gasteiger partial charge in [-0.15, -0.1) is 0 Å². The number of nitrogens with one attached hydrogen (secondary N) is 1. The van der Waals surface area contributed by atoms with Crippen molar-refractivity contribution in [1.29, 1.82) is 0 Å². The first kappa shape index (κ1) is 3.47. The molecule has 0 saturated heterocycles. The third kappa shape index (κ3) is 0.432. The van der Waals surface area contributed by atoms with Crippen LogP contribution in [0.2, 0.25) is 0 Å². The minimum Gasteiger partial charge on any atom is -0.367 e. The van der Waals surface area contributed by atoms with Gasteiger partial charge in [0.05, 0.1) is 0 Å². The third-order valence-corrected chi connectivity index (χ3v) is 0.662. The highest BCUT2D eigenvalue weighted by molar-refractivity contribution is 5.10. The summed E-state index contributed by atoms with van der Waals surface area (Å²) in [7, 11) is 0. The summed E-state index contributed by atoms with van der Waals surface area (Å²) in [5.41, 5.74) is 1.04. The van der Waals surface area contributed by atoms with Gasteiger partial charge in [0.25, 0.3) is 0 Å². The molecule has 1 nitrogen and oxygen atoms in total. The molecule has 0 unspecified atom stereocenters. The Bertz CT molecular complexity index is 107. The smallest absolute Gasteiger partial charge is 0.00374 e. The van der Waals surface area contributed by atoms with Crippen LogP contribution in [0.25, 0.3) is 0 Å². The topological polar surface area (TPSA) is 15.8 Å². The molecule has 0 aliphatic heterocycles. The molecule has 0 bridgehead atoms. The number of rotatable bonds is 0. The summed E-state index contributed by atoms with van der Waals surface area (Å²) >= 11 is 0. The molecule has 1 aromatic heterocycles. The Balaban J connectivity index is 3.05. The van der Waals surface area contributed by atoms with Gasteiger partial charge in [-0.2, -0.15) is 0 Å². The summed E-state index contributed by atoms with van der Waals surface area (Å²) in [6.45, 7) is 3.65. The van der Waals surface area contributed by atoms with Crippen LogP contribution in [0.5, 0.6) is 0 Å². The lowest BCUT2D eigenvalue weighted by molar-refractivity contribution is 1.41. The van der Waals surface area contributed by atoms with E-state index < -0.39 is 0 Å². The molecular weight excluding hydrogens is 74.1 g/mol. The van der Waals surface area contributed by atoms with Crippen molar-refractivity contribution in [3.63, 3.8) is 0 Å². The Morgan fingerprint density at radius 1 is 1.67 bits per heavy atom. The maximum Gasteiger partial charge on any atom is 0.00374 e. The minimum atomic E-state index is 1.04. The molecule has 1 rings (SSSR count). The van der Waals surface area contributed by atoms with E-state index in [1.807, 2.05) is 18.5 Å². The lowest BCUT2D eigenvalue weighted by atomic mass is 10.4. The number of aromatic amines is 1. The molecule has 1 radical (unpaired) electrons. The molecule has 0 aliphatic carbocycles. The van der Waals surface area contributed by atoms with Crippen LogP contribution in [-0.2, 0) is 0 Å². The molecule has 1 heteroatoms. The first-order valence-corrected chi connectivity index (χ1v) is 1.84. The quantitative estimate of drug-likeness (QED) is 0.482. The van der Waals surface area contributed by atoms with Crippen LogP contribution in [0.3, 0.4) is 0 Å². The number of H-pyrrole nitrogens is 1. The molecule has 1 N–H and O–H groups in total. The van der Waals surface area contributed by atoms with Gasteiger partial charge < -0.3 is 4.98 Å². The summed E-state index contributed by atoms with van der Waals surface area (Å²) in [5.74, 6) is 0. The van der Waals surface area contributed by atoms with E-state index in [1.54, 1.807) is 0 Å². The van der Waals surface area contributed by atoms with E-state index in [-0.39, 0.29) is 0 Å². The van der Waals surface area contributed by atoms with Crippen LogP contribution in [0.15, 0.2) is 18.5 Å². The van der Waals surface area contributed by atoms with Crippen molar-refractivity contribution in [2.75, 3.05) is 0 Å². The molecule has 0 spiro atoms. The van der Waals surface area contributed by atoms with Gasteiger partial charge in [-0.1, -0.05) is 0 Å². The van der Waals surface area contributed by atoms with Crippen molar-refractivity contribution in [2.24, 2.45) is 0 Å². The molecule has 31 valence electrons. The van der Waals surface area contributed by atoms with Crippen LogP contribution in [0.4, 0.5) is 0 Å². The first-order chi connectivity index (χ1) is 2.89. The average molecular weight is 80.1 g/mol. The van der Waals surface area contributed by atoms with Crippen LogP contribution < -0.4 is 0 Å². The lowest BCUT2D eigenvalue weighted by Gasteiger charge is -1.65. The van der Waals surface area contributed by atoms with E-state index in [0.29, 0.717) is 0 Å². The molecule has 0 aliphatic rings. The second-order valence-corrected chi connectivity index (χ2v) is 1.22. The minimum absolute atomic E-state index is 1.04. The molecule has 6 heavy (non-hydrogen) atoms. The van der Waals surface area contributed by atoms with Gasteiger partial charge in [-0.3, -0.25) is 0 Å². The fourth-order valence-electron chi connectivity index (χ4n) is 0.358. The van der Waals surface area contributed by atoms with Crippen LogP contribution in [-0.4, -0.2) is 4.98 Å². The van der Waals surface area contributed by atoms with Crippen molar-refractivity contribution in [3.05, 3.63) is 30.9 Å². The van der Waals surface area contributed by atoms with Gasteiger partial charge in [-0.25, -0.2) is 0 Å². The Morgan fingerprint density at radius 2 is 2.50 bits per heavy atom. The zero-order chi connectivity index (χ0) is 4.41. The van der Waals surface area contributed by atoms with Crippen molar-refractivity contribution in [3.8, 4) is 0 Å². The van der Waals surface area contributed by atoms with Gasteiger partial charge in [0.1, 0.15) is 0 Å². The largest absolute Gasteiger partial charge is 0.367 e. The Kier molecular flexibility index (Phi) is 0.675. The van der Waals surface area contributed by atoms with Crippen molar-refractivity contribution in [2.45, 2.75) is 0 Å². The fourth-order valence-corrected chi connectivity index (χ4v) is 0.358. The highest BCUT2D eigenvalue weighted by Gasteiger charge is 1.73. The second-order valence-electron chi connectivity index (χ2n) is 1.22. The van der Waals surface area contributed by atoms with E-state index in [9.17, 15) is 0 Å². The Morgan fingerprint density at radius 3 is 2.67 bits per heavy atom. The van der Waals surface area contributed by atoms with Crippen LogP contribution in [0.1, 0.15) is 5.56 Å². The zero-order valence-corrected chi connectivity index (χ0v) is 3.44. The van der Waals surface area contributed by atoms with E-state index in [4.69, 9.17) is 0 Å². The van der Waals surface area contributed by atoms with Gasteiger partial charge >= 0.3 is 0 Å². The van der Waals surface area contributed by atoms with E-state index in [0.717, 1.165) is 5.56 Å². The Labute approximate surface area is 37.0 Å². The molecule has 1 heterocycles. The monoisotopic (exact) mass is 80.1 g/mol. The Hall–Kier alpha value is -0.720. The van der Waals surface area contributed by atoms with Gasteiger partial charge in [0.15, 0.2) is 0 Å².